The summed E-state index contributed by atoms with van der Waals surface area (Å²) in [6.07, 6.45) is 1.69. The van der Waals surface area contributed by atoms with Crippen LogP contribution in [0.2, 0.25) is 0 Å². The molecule has 0 aromatic carbocycles. The Bertz CT molecular complexity index is 303. The van der Waals surface area contributed by atoms with E-state index in [0.29, 0.717) is 26.1 Å². The van der Waals surface area contributed by atoms with Crippen LogP contribution in [0.4, 0.5) is 0 Å². The van der Waals surface area contributed by atoms with Crippen LogP contribution in [0, 0.1) is 5.92 Å². The molecule has 2 atom stereocenters. The van der Waals surface area contributed by atoms with Crippen LogP contribution in [0.5, 0.6) is 0 Å². The van der Waals surface area contributed by atoms with Crippen molar-refractivity contribution in [2.75, 3.05) is 25.4 Å². The lowest BCUT2D eigenvalue weighted by Gasteiger charge is -2.17. The number of hydrogen-bond donors (Lipinski definition) is 2. The van der Waals surface area contributed by atoms with Crippen molar-refractivity contribution < 1.29 is 13.5 Å². The maximum Gasteiger partial charge on any atom is 0.214 e. The topological polar surface area (TPSA) is 83.6 Å². The average molecular weight is 250 g/mol. The number of nitrogens with zero attached hydrogens (tertiary/aromatic N) is 1. The molecule has 6 heteroatoms. The van der Waals surface area contributed by atoms with Crippen molar-refractivity contribution in [3.05, 3.63) is 0 Å². The highest BCUT2D eigenvalue weighted by atomic mass is 32.2. The van der Waals surface area contributed by atoms with E-state index in [1.54, 1.807) is 6.92 Å². The van der Waals surface area contributed by atoms with E-state index < -0.39 is 16.1 Å². The van der Waals surface area contributed by atoms with Gasteiger partial charge in [-0.2, -0.15) is 0 Å². The highest BCUT2D eigenvalue weighted by Gasteiger charge is 2.32. The summed E-state index contributed by atoms with van der Waals surface area (Å²) in [5, 5.41) is 9.41. The third-order valence-electron chi connectivity index (χ3n) is 3.12. The van der Waals surface area contributed by atoms with Gasteiger partial charge in [0.25, 0.3) is 0 Å². The molecule has 1 rings (SSSR count). The summed E-state index contributed by atoms with van der Waals surface area (Å²) in [4.78, 5) is 0. The normalized spacial score (nSPS) is 24.8. The number of sulfonamides is 1. The fourth-order valence-corrected chi connectivity index (χ4v) is 3.59. The molecule has 0 aliphatic carbocycles. The molecule has 1 aliphatic heterocycles. The van der Waals surface area contributed by atoms with Gasteiger partial charge in [-0.3, -0.25) is 0 Å². The summed E-state index contributed by atoms with van der Waals surface area (Å²) in [7, 11) is -3.13. The van der Waals surface area contributed by atoms with Gasteiger partial charge in [-0.15, -0.1) is 0 Å². The molecule has 0 radical (unpaired) electrons. The van der Waals surface area contributed by atoms with Crippen molar-refractivity contribution >= 4 is 10.0 Å². The molecule has 16 heavy (non-hydrogen) atoms. The van der Waals surface area contributed by atoms with Crippen LogP contribution < -0.4 is 5.73 Å². The molecule has 3 N–H and O–H groups in total. The van der Waals surface area contributed by atoms with Crippen LogP contribution in [0.3, 0.4) is 0 Å². The van der Waals surface area contributed by atoms with Crippen LogP contribution in [-0.4, -0.2) is 49.3 Å². The third kappa shape index (κ3) is 3.69. The van der Waals surface area contributed by atoms with Crippen LogP contribution in [0.15, 0.2) is 0 Å². The number of aliphatic hydroxyl groups is 1. The quantitative estimate of drug-likeness (QED) is 0.637. The second-order valence-corrected chi connectivity index (χ2v) is 6.55. The first-order valence-electron chi connectivity index (χ1n) is 5.83. The lowest BCUT2D eigenvalue weighted by molar-refractivity contribution is 0.133. The summed E-state index contributed by atoms with van der Waals surface area (Å²) in [6, 6.07) is 0. The first kappa shape index (κ1) is 13.9. The van der Waals surface area contributed by atoms with E-state index in [-0.39, 0.29) is 11.7 Å². The summed E-state index contributed by atoms with van der Waals surface area (Å²) in [5.74, 6) is 0.265. The number of nitrogens with two attached hydrogens (primary N) is 1. The molecular formula is C10H22N2O3S. The van der Waals surface area contributed by atoms with Crippen molar-refractivity contribution in [2.24, 2.45) is 11.7 Å². The van der Waals surface area contributed by atoms with Gasteiger partial charge >= 0.3 is 0 Å². The predicted molar refractivity (Wildman–Crippen MR) is 63.4 cm³/mol. The Kier molecular flexibility index (Phi) is 5.17. The van der Waals surface area contributed by atoms with E-state index in [2.05, 4.69) is 0 Å². The van der Waals surface area contributed by atoms with Gasteiger partial charge in [-0.05, 0) is 38.6 Å². The van der Waals surface area contributed by atoms with Gasteiger partial charge in [0.05, 0.1) is 11.9 Å². The zero-order chi connectivity index (χ0) is 12.2. The summed E-state index contributed by atoms with van der Waals surface area (Å²) in [5.41, 5.74) is 5.33. The van der Waals surface area contributed by atoms with Gasteiger partial charge in [-0.25, -0.2) is 12.7 Å². The Morgan fingerprint density at radius 3 is 2.69 bits per heavy atom. The Labute approximate surface area is 97.7 Å². The minimum Gasteiger partial charge on any atom is -0.393 e. The van der Waals surface area contributed by atoms with E-state index >= 15 is 0 Å². The molecule has 0 spiro atoms. The van der Waals surface area contributed by atoms with Gasteiger partial charge in [0.15, 0.2) is 0 Å². The van der Waals surface area contributed by atoms with Crippen LogP contribution >= 0.6 is 0 Å². The predicted octanol–water partition coefficient (Wildman–Crippen LogP) is -0.242. The maximum atomic E-state index is 11.9. The molecule has 0 aromatic rings. The Morgan fingerprint density at radius 2 is 2.19 bits per heavy atom. The van der Waals surface area contributed by atoms with E-state index in [0.717, 1.165) is 12.8 Å². The van der Waals surface area contributed by atoms with Crippen molar-refractivity contribution in [3.63, 3.8) is 0 Å². The Hall–Kier alpha value is -0.170. The lowest BCUT2D eigenvalue weighted by Crippen LogP contribution is -2.32. The van der Waals surface area contributed by atoms with E-state index in [9.17, 15) is 13.5 Å². The first-order chi connectivity index (χ1) is 7.47. The highest BCUT2D eigenvalue weighted by Crippen LogP contribution is 2.22. The minimum absolute atomic E-state index is 0.0873. The molecule has 1 heterocycles. The molecular weight excluding hydrogens is 228 g/mol. The van der Waals surface area contributed by atoms with E-state index in [1.165, 1.54) is 4.31 Å². The van der Waals surface area contributed by atoms with Crippen molar-refractivity contribution in [3.8, 4) is 0 Å². The number of aliphatic hydroxyl groups excluding tert-OH is 1. The molecule has 96 valence electrons. The molecule has 0 aromatic heterocycles. The third-order valence-corrected chi connectivity index (χ3v) is 5.04. The van der Waals surface area contributed by atoms with Crippen molar-refractivity contribution in [2.45, 2.75) is 32.3 Å². The van der Waals surface area contributed by atoms with Gasteiger partial charge in [0.1, 0.15) is 0 Å². The minimum atomic E-state index is -3.13. The van der Waals surface area contributed by atoms with Gasteiger partial charge < -0.3 is 10.8 Å². The fraction of sp³-hybridized carbons (Fsp3) is 1.00. The van der Waals surface area contributed by atoms with E-state index in [4.69, 9.17) is 5.73 Å². The van der Waals surface area contributed by atoms with Crippen LogP contribution in [0.1, 0.15) is 26.2 Å². The second kappa shape index (κ2) is 5.95. The monoisotopic (exact) mass is 250 g/mol. The maximum absolute atomic E-state index is 11.9. The number of unbranched alkanes of at least 4 members (excludes halogenated alkanes) is 1. The zero-order valence-electron chi connectivity index (χ0n) is 9.80. The standard InChI is InChI=1S/C10H22N2O3S/c1-9(13)10-4-6-12(8-10)16(14,15)7-3-2-5-11/h9-10,13H,2-8,11H2,1H3. The summed E-state index contributed by atoms with van der Waals surface area (Å²) >= 11 is 0. The molecule has 1 saturated heterocycles. The molecule has 0 amide bonds. The molecule has 2 unspecified atom stereocenters. The smallest absolute Gasteiger partial charge is 0.214 e. The molecule has 1 fully saturated rings. The Balaban J connectivity index is 2.45. The zero-order valence-corrected chi connectivity index (χ0v) is 10.6. The van der Waals surface area contributed by atoms with Gasteiger partial charge in [0.2, 0.25) is 10.0 Å². The average Bonchev–Trinajstić information content (AvgIpc) is 2.67. The molecule has 1 aliphatic rings. The number of hydrogen-bond acceptors (Lipinski definition) is 4. The Morgan fingerprint density at radius 1 is 1.50 bits per heavy atom. The van der Waals surface area contributed by atoms with Gasteiger partial charge in [-0.1, -0.05) is 0 Å². The molecule has 0 saturated carbocycles. The largest absolute Gasteiger partial charge is 0.393 e. The fourth-order valence-electron chi connectivity index (χ4n) is 1.96. The number of rotatable bonds is 6. The summed E-state index contributed by atoms with van der Waals surface area (Å²) < 4.78 is 25.3. The summed E-state index contributed by atoms with van der Waals surface area (Å²) in [6.45, 7) is 3.25. The van der Waals surface area contributed by atoms with E-state index in [1.807, 2.05) is 0 Å². The second-order valence-electron chi connectivity index (χ2n) is 4.46. The SMILES string of the molecule is CC(O)C1CCN(S(=O)(=O)CCCCN)C1. The van der Waals surface area contributed by atoms with Crippen molar-refractivity contribution in [1.82, 2.24) is 4.31 Å². The highest BCUT2D eigenvalue weighted by molar-refractivity contribution is 7.89. The first-order valence-corrected chi connectivity index (χ1v) is 7.44. The lowest BCUT2D eigenvalue weighted by atomic mass is 10.0. The van der Waals surface area contributed by atoms with Crippen molar-refractivity contribution in [1.29, 1.82) is 0 Å². The van der Waals surface area contributed by atoms with Crippen LogP contribution in [0.25, 0.3) is 0 Å². The van der Waals surface area contributed by atoms with Crippen LogP contribution in [-0.2, 0) is 10.0 Å². The molecule has 5 nitrogen and oxygen atoms in total. The van der Waals surface area contributed by atoms with Gasteiger partial charge in [0, 0.05) is 13.1 Å². The molecule has 0 bridgehead atoms.